The molecule has 0 saturated carbocycles. The number of carbonyl (C=O) groups excluding carboxylic acids is 3. The molecule has 0 aromatic heterocycles. The highest BCUT2D eigenvalue weighted by molar-refractivity contribution is 6.08. The number of amides is 4. The van der Waals surface area contributed by atoms with Gasteiger partial charge in [-0.25, -0.2) is 9.18 Å². The van der Waals surface area contributed by atoms with Gasteiger partial charge in [-0.05, 0) is 29.7 Å². The molecule has 2 atom stereocenters. The van der Waals surface area contributed by atoms with Crippen molar-refractivity contribution < 1.29 is 23.5 Å². The van der Waals surface area contributed by atoms with Crippen LogP contribution in [0.5, 0.6) is 0 Å². The van der Waals surface area contributed by atoms with Crippen molar-refractivity contribution in [2.24, 2.45) is 0 Å². The summed E-state index contributed by atoms with van der Waals surface area (Å²) in [5.74, 6) is -1.32. The Balaban J connectivity index is 1.40. The molecule has 9 heteroatoms. The second-order valence-electron chi connectivity index (χ2n) is 7.88. The SMILES string of the molecule is CCC1(c2ccccc2)NC(=O)N(NC(=O)CN2CCOC(c3ccc(F)cc3)C2)C1=O. The molecule has 2 fully saturated rings. The zero-order chi connectivity index (χ0) is 22.7. The van der Waals surface area contributed by atoms with Gasteiger partial charge in [-0.1, -0.05) is 49.4 Å². The number of morpholine rings is 1. The van der Waals surface area contributed by atoms with Gasteiger partial charge in [0.15, 0.2) is 0 Å². The van der Waals surface area contributed by atoms with Gasteiger partial charge in [0.2, 0.25) is 0 Å². The smallest absolute Gasteiger partial charge is 0.344 e. The van der Waals surface area contributed by atoms with Crippen molar-refractivity contribution in [1.29, 1.82) is 0 Å². The van der Waals surface area contributed by atoms with E-state index in [1.807, 2.05) is 11.0 Å². The first-order valence-electron chi connectivity index (χ1n) is 10.5. The van der Waals surface area contributed by atoms with Gasteiger partial charge in [0, 0.05) is 13.1 Å². The van der Waals surface area contributed by atoms with Gasteiger partial charge in [-0.3, -0.25) is 19.9 Å². The van der Waals surface area contributed by atoms with Crippen LogP contribution < -0.4 is 10.7 Å². The lowest BCUT2D eigenvalue weighted by Gasteiger charge is -2.33. The number of ether oxygens (including phenoxy) is 1. The molecule has 32 heavy (non-hydrogen) atoms. The number of rotatable bonds is 6. The molecule has 2 aromatic rings. The van der Waals surface area contributed by atoms with Crippen molar-refractivity contribution in [2.45, 2.75) is 25.0 Å². The summed E-state index contributed by atoms with van der Waals surface area (Å²) in [7, 11) is 0. The van der Waals surface area contributed by atoms with E-state index in [-0.39, 0.29) is 18.5 Å². The first-order valence-corrected chi connectivity index (χ1v) is 10.5. The van der Waals surface area contributed by atoms with Crippen LogP contribution in [0, 0.1) is 5.82 Å². The summed E-state index contributed by atoms with van der Waals surface area (Å²) in [6, 6.07) is 14.4. The third-order valence-electron chi connectivity index (χ3n) is 5.88. The van der Waals surface area contributed by atoms with Gasteiger partial charge in [0.1, 0.15) is 11.4 Å². The molecule has 2 saturated heterocycles. The summed E-state index contributed by atoms with van der Waals surface area (Å²) in [6.07, 6.45) is 0.0521. The molecule has 0 aliphatic carbocycles. The molecule has 8 nitrogen and oxygen atoms in total. The summed E-state index contributed by atoms with van der Waals surface area (Å²) in [5.41, 5.74) is 2.72. The van der Waals surface area contributed by atoms with Crippen molar-refractivity contribution in [2.75, 3.05) is 26.2 Å². The fraction of sp³-hybridized carbons (Fsp3) is 0.348. The molecule has 4 amide bonds. The molecular formula is C23H25FN4O4. The Morgan fingerprint density at radius 1 is 1.19 bits per heavy atom. The van der Waals surface area contributed by atoms with E-state index < -0.39 is 23.4 Å². The van der Waals surface area contributed by atoms with Crippen LogP contribution >= 0.6 is 0 Å². The van der Waals surface area contributed by atoms with E-state index in [0.717, 1.165) is 10.6 Å². The summed E-state index contributed by atoms with van der Waals surface area (Å²) in [4.78, 5) is 40.2. The van der Waals surface area contributed by atoms with E-state index in [1.54, 1.807) is 43.3 Å². The molecule has 168 valence electrons. The lowest BCUT2D eigenvalue weighted by molar-refractivity contribution is -0.140. The molecule has 4 rings (SSSR count). The number of hydrogen-bond donors (Lipinski definition) is 2. The van der Waals surface area contributed by atoms with Crippen LogP contribution in [-0.4, -0.2) is 54.0 Å². The molecule has 0 bridgehead atoms. The summed E-state index contributed by atoms with van der Waals surface area (Å²) in [5, 5.41) is 3.49. The van der Waals surface area contributed by atoms with E-state index >= 15 is 0 Å². The number of benzene rings is 2. The lowest BCUT2D eigenvalue weighted by Crippen LogP contribution is -2.52. The molecule has 2 aliphatic heterocycles. The first kappa shape index (κ1) is 21.9. The number of urea groups is 1. The lowest BCUT2D eigenvalue weighted by atomic mass is 9.87. The molecule has 2 unspecified atom stereocenters. The quantitative estimate of drug-likeness (QED) is 0.672. The molecule has 2 heterocycles. The normalized spacial score (nSPS) is 23.8. The van der Waals surface area contributed by atoms with Crippen LogP contribution in [0.15, 0.2) is 54.6 Å². The average Bonchev–Trinajstić information content (AvgIpc) is 3.05. The highest BCUT2D eigenvalue weighted by Crippen LogP contribution is 2.31. The Morgan fingerprint density at radius 3 is 2.59 bits per heavy atom. The third kappa shape index (κ3) is 4.21. The minimum Gasteiger partial charge on any atom is -0.371 e. The molecule has 0 spiro atoms. The van der Waals surface area contributed by atoms with Crippen molar-refractivity contribution >= 4 is 17.8 Å². The summed E-state index contributed by atoms with van der Waals surface area (Å²) < 4.78 is 18.9. The van der Waals surface area contributed by atoms with E-state index in [4.69, 9.17) is 4.74 Å². The minimum absolute atomic E-state index is 0.0113. The van der Waals surface area contributed by atoms with Crippen molar-refractivity contribution in [1.82, 2.24) is 20.7 Å². The van der Waals surface area contributed by atoms with E-state index in [0.29, 0.717) is 31.7 Å². The van der Waals surface area contributed by atoms with Gasteiger partial charge in [-0.2, -0.15) is 5.01 Å². The number of hydrazine groups is 1. The van der Waals surface area contributed by atoms with Crippen LogP contribution in [0.1, 0.15) is 30.6 Å². The second-order valence-corrected chi connectivity index (χ2v) is 7.88. The Morgan fingerprint density at radius 2 is 1.91 bits per heavy atom. The van der Waals surface area contributed by atoms with Crippen LogP contribution in [-0.2, 0) is 19.9 Å². The van der Waals surface area contributed by atoms with E-state index in [2.05, 4.69) is 10.7 Å². The van der Waals surface area contributed by atoms with Gasteiger partial charge >= 0.3 is 6.03 Å². The number of imide groups is 1. The molecule has 2 N–H and O–H groups in total. The Labute approximate surface area is 185 Å². The van der Waals surface area contributed by atoms with Gasteiger partial charge < -0.3 is 10.1 Å². The van der Waals surface area contributed by atoms with E-state index in [9.17, 15) is 18.8 Å². The topological polar surface area (TPSA) is 91.0 Å². The maximum atomic E-state index is 13.2. The molecule has 2 aliphatic rings. The third-order valence-corrected chi connectivity index (χ3v) is 5.88. The Hall–Kier alpha value is -3.30. The highest BCUT2D eigenvalue weighted by atomic mass is 19.1. The average molecular weight is 440 g/mol. The predicted molar refractivity (Wildman–Crippen MR) is 113 cm³/mol. The maximum Gasteiger partial charge on any atom is 0.344 e. The largest absolute Gasteiger partial charge is 0.371 e. The predicted octanol–water partition coefficient (Wildman–Crippen LogP) is 2.09. The summed E-state index contributed by atoms with van der Waals surface area (Å²) >= 11 is 0. The number of halogens is 1. The first-order chi connectivity index (χ1) is 15.4. The Kier molecular flexibility index (Phi) is 6.20. The Bertz CT molecular complexity index is 1000. The minimum atomic E-state index is -1.21. The van der Waals surface area contributed by atoms with Crippen molar-refractivity contribution in [3.8, 4) is 0 Å². The highest BCUT2D eigenvalue weighted by Gasteiger charge is 2.52. The maximum absolute atomic E-state index is 13.2. The molecule has 2 aromatic carbocycles. The van der Waals surface area contributed by atoms with Crippen molar-refractivity contribution in [3.63, 3.8) is 0 Å². The van der Waals surface area contributed by atoms with Crippen LogP contribution in [0.25, 0.3) is 0 Å². The zero-order valence-corrected chi connectivity index (χ0v) is 17.7. The van der Waals surface area contributed by atoms with Crippen LogP contribution in [0.3, 0.4) is 0 Å². The van der Waals surface area contributed by atoms with Crippen LogP contribution in [0.2, 0.25) is 0 Å². The van der Waals surface area contributed by atoms with E-state index in [1.165, 1.54) is 12.1 Å². The fourth-order valence-corrected chi connectivity index (χ4v) is 4.13. The number of nitrogens with zero attached hydrogens (tertiary/aromatic N) is 2. The van der Waals surface area contributed by atoms with Crippen LogP contribution in [0.4, 0.5) is 9.18 Å². The monoisotopic (exact) mass is 440 g/mol. The number of carbonyl (C=O) groups is 3. The number of hydrogen-bond acceptors (Lipinski definition) is 5. The fourth-order valence-electron chi connectivity index (χ4n) is 4.13. The number of nitrogens with one attached hydrogen (secondary N) is 2. The molecular weight excluding hydrogens is 415 g/mol. The zero-order valence-electron chi connectivity index (χ0n) is 17.7. The van der Waals surface area contributed by atoms with Gasteiger partial charge in [0.05, 0.1) is 19.3 Å². The molecule has 0 radical (unpaired) electrons. The summed E-state index contributed by atoms with van der Waals surface area (Å²) in [6.45, 7) is 3.16. The standard InChI is InChI=1S/C23H25FN4O4/c1-2-23(17-6-4-3-5-7-17)21(30)28(22(31)25-23)26-20(29)15-27-12-13-32-19(14-27)16-8-10-18(24)11-9-16/h3-11,19H,2,12-15H2,1H3,(H,25,31)(H,26,29). The van der Waals surface area contributed by atoms with Gasteiger partial charge in [0.25, 0.3) is 11.8 Å². The second kappa shape index (κ2) is 9.05. The van der Waals surface area contributed by atoms with Gasteiger partial charge in [-0.15, -0.1) is 0 Å². The van der Waals surface area contributed by atoms with Crippen molar-refractivity contribution in [3.05, 3.63) is 71.5 Å².